The van der Waals surface area contributed by atoms with Crippen LogP contribution in [0.3, 0.4) is 0 Å². The van der Waals surface area contributed by atoms with Crippen LogP contribution in [0.4, 0.5) is 0 Å². The Bertz CT molecular complexity index is 1420. The van der Waals surface area contributed by atoms with E-state index in [2.05, 4.69) is 66.7 Å². The molecule has 0 aliphatic carbocycles. The zero-order valence-electron chi connectivity index (χ0n) is 19.0. The molecular weight excluding hydrogens is 395 g/mol. The molecule has 0 unspecified atom stereocenters. The second-order valence-electron chi connectivity index (χ2n) is 9.50. The van der Waals surface area contributed by atoms with Gasteiger partial charge in [0.05, 0.1) is 11.2 Å². The molecule has 0 amide bonds. The first-order valence-corrected chi connectivity index (χ1v) is 11.0. The van der Waals surface area contributed by atoms with E-state index in [0.29, 0.717) is 7.48 Å². The lowest BCUT2D eigenvalue weighted by atomic mass is 9.82. The van der Waals surface area contributed by atoms with Gasteiger partial charge in [0.1, 0.15) is 11.2 Å². The highest BCUT2D eigenvalue weighted by Crippen LogP contribution is 2.40. The van der Waals surface area contributed by atoms with Crippen LogP contribution < -0.4 is 5.46 Å². The number of fused-ring (bicyclic) bond motifs is 5. The molecule has 3 nitrogen and oxygen atoms in total. The molecule has 0 saturated carbocycles. The highest BCUT2D eigenvalue weighted by atomic mass is 16.5. The first kappa shape index (κ1) is 20.8. The molecule has 5 aromatic rings. The average Bonchev–Trinajstić information content (AvgIpc) is 3.17. The maximum Gasteiger partial charge on any atom is 0.309 e. The highest BCUT2D eigenvalue weighted by Gasteiger charge is 2.35. The van der Waals surface area contributed by atoms with Crippen LogP contribution in [0, 0.1) is 0 Å². The summed E-state index contributed by atoms with van der Waals surface area (Å²) < 4.78 is 12.3. The second-order valence-corrected chi connectivity index (χ2v) is 9.50. The molecule has 4 heteroatoms. The number of hydrogen-bond acceptors (Lipinski definition) is 3. The standard InChI is InChI=1S/C28H27BO3/c1-27(2,30)28(3,4)32-29-20-15-13-18(14-16-20)23-17-19-9-5-6-10-21(19)26-25(23)22-11-7-8-12-24(22)31-26/h5-17,29-30H,1-4H3. The first-order chi connectivity index (χ1) is 15.2. The van der Waals surface area contributed by atoms with Gasteiger partial charge in [0.25, 0.3) is 0 Å². The molecule has 0 spiro atoms. The number of furan rings is 1. The minimum absolute atomic E-state index is 0.443. The van der Waals surface area contributed by atoms with E-state index in [9.17, 15) is 5.11 Å². The number of aliphatic hydroxyl groups is 1. The average molecular weight is 422 g/mol. The van der Waals surface area contributed by atoms with Gasteiger partial charge in [-0.1, -0.05) is 72.2 Å². The molecule has 1 N–H and O–H groups in total. The quantitative estimate of drug-likeness (QED) is 0.356. The van der Waals surface area contributed by atoms with E-state index >= 15 is 0 Å². The summed E-state index contributed by atoms with van der Waals surface area (Å²) in [4.78, 5) is 0. The van der Waals surface area contributed by atoms with Crippen molar-refractivity contribution >= 4 is 45.7 Å². The summed E-state index contributed by atoms with van der Waals surface area (Å²) in [6, 6.07) is 27.3. The predicted molar refractivity (Wildman–Crippen MR) is 135 cm³/mol. The van der Waals surface area contributed by atoms with Crippen LogP contribution in [0.5, 0.6) is 0 Å². The number of benzene rings is 4. The Morgan fingerprint density at radius 2 is 1.47 bits per heavy atom. The Balaban J connectivity index is 1.58. The minimum atomic E-state index is -0.925. The van der Waals surface area contributed by atoms with Crippen molar-refractivity contribution < 1.29 is 14.2 Å². The highest BCUT2D eigenvalue weighted by molar-refractivity contribution is 6.47. The van der Waals surface area contributed by atoms with Gasteiger partial charge in [0.15, 0.2) is 0 Å². The first-order valence-electron chi connectivity index (χ1n) is 11.0. The molecule has 0 radical (unpaired) electrons. The Hall–Kier alpha value is -3.08. The van der Waals surface area contributed by atoms with Gasteiger partial charge in [-0.25, -0.2) is 0 Å². The fourth-order valence-corrected chi connectivity index (χ4v) is 4.01. The molecule has 0 aliphatic heterocycles. The molecule has 0 saturated heterocycles. The molecule has 0 aliphatic rings. The summed E-state index contributed by atoms with van der Waals surface area (Å²) in [6.45, 7) is 7.38. The SMILES string of the molecule is CC(C)(O)C(C)(C)OBc1ccc(-c2cc3ccccc3c3oc4ccccc4c23)cc1. The molecule has 4 aromatic carbocycles. The van der Waals surface area contributed by atoms with Crippen LogP contribution in [0.2, 0.25) is 0 Å². The van der Waals surface area contributed by atoms with Gasteiger partial charge in [0.2, 0.25) is 0 Å². The maximum absolute atomic E-state index is 10.3. The topological polar surface area (TPSA) is 42.6 Å². The van der Waals surface area contributed by atoms with E-state index < -0.39 is 11.2 Å². The van der Waals surface area contributed by atoms with Crippen LogP contribution in [-0.2, 0) is 4.65 Å². The predicted octanol–water partition coefficient (Wildman–Crippen LogP) is 5.95. The van der Waals surface area contributed by atoms with Gasteiger partial charge >= 0.3 is 7.48 Å². The second kappa shape index (κ2) is 7.51. The fraction of sp³-hybridized carbons (Fsp3) is 0.214. The van der Waals surface area contributed by atoms with Crippen molar-refractivity contribution in [2.75, 3.05) is 0 Å². The zero-order valence-corrected chi connectivity index (χ0v) is 19.0. The van der Waals surface area contributed by atoms with E-state index in [-0.39, 0.29) is 0 Å². The Morgan fingerprint density at radius 1 is 0.812 bits per heavy atom. The van der Waals surface area contributed by atoms with Crippen LogP contribution in [0.1, 0.15) is 27.7 Å². The number of hydrogen-bond donors (Lipinski definition) is 1. The van der Waals surface area contributed by atoms with Gasteiger partial charge in [-0.05, 0) is 56.3 Å². The van der Waals surface area contributed by atoms with Gasteiger partial charge < -0.3 is 14.2 Å². The molecule has 5 rings (SSSR count). The van der Waals surface area contributed by atoms with Crippen molar-refractivity contribution in [1.82, 2.24) is 0 Å². The lowest BCUT2D eigenvalue weighted by Gasteiger charge is -2.37. The van der Waals surface area contributed by atoms with Crippen LogP contribution >= 0.6 is 0 Å². The third kappa shape index (κ3) is 3.50. The van der Waals surface area contributed by atoms with Crippen molar-refractivity contribution in [3.05, 3.63) is 78.9 Å². The van der Waals surface area contributed by atoms with Crippen molar-refractivity contribution in [2.24, 2.45) is 0 Å². The van der Waals surface area contributed by atoms with E-state index in [0.717, 1.165) is 49.3 Å². The monoisotopic (exact) mass is 422 g/mol. The van der Waals surface area contributed by atoms with Crippen molar-refractivity contribution in [1.29, 1.82) is 0 Å². The third-order valence-electron chi connectivity index (χ3n) is 6.71. The van der Waals surface area contributed by atoms with Gasteiger partial charge in [-0.2, -0.15) is 0 Å². The Labute approximate surface area is 188 Å². The van der Waals surface area contributed by atoms with Gasteiger partial charge in [-0.3, -0.25) is 0 Å². The Kier molecular flexibility index (Phi) is 4.88. The number of para-hydroxylation sites is 1. The largest absolute Gasteiger partial charge is 0.455 e. The van der Waals surface area contributed by atoms with Crippen molar-refractivity contribution in [3.8, 4) is 11.1 Å². The Morgan fingerprint density at radius 3 is 2.19 bits per heavy atom. The summed E-state index contributed by atoms with van der Waals surface area (Å²) in [6.07, 6.45) is 0. The fourth-order valence-electron chi connectivity index (χ4n) is 4.01. The van der Waals surface area contributed by atoms with E-state index in [1.54, 1.807) is 13.8 Å². The van der Waals surface area contributed by atoms with E-state index in [4.69, 9.17) is 9.07 Å². The van der Waals surface area contributed by atoms with Crippen LogP contribution in [-0.4, -0.2) is 23.8 Å². The molecule has 1 heterocycles. The molecule has 0 fully saturated rings. The number of rotatable bonds is 5. The van der Waals surface area contributed by atoms with E-state index in [1.807, 2.05) is 26.0 Å². The summed E-state index contributed by atoms with van der Waals surface area (Å²) in [5.41, 5.74) is 3.63. The lowest BCUT2D eigenvalue weighted by Crippen LogP contribution is -2.49. The smallest absolute Gasteiger partial charge is 0.309 e. The zero-order chi connectivity index (χ0) is 22.5. The molecule has 0 atom stereocenters. The van der Waals surface area contributed by atoms with Crippen LogP contribution in [0.15, 0.2) is 83.3 Å². The molecule has 160 valence electrons. The van der Waals surface area contributed by atoms with E-state index in [1.165, 1.54) is 0 Å². The van der Waals surface area contributed by atoms with Gasteiger partial charge in [-0.15, -0.1) is 0 Å². The molecule has 32 heavy (non-hydrogen) atoms. The molecule has 0 bridgehead atoms. The van der Waals surface area contributed by atoms with Gasteiger partial charge in [0, 0.05) is 16.2 Å². The summed E-state index contributed by atoms with van der Waals surface area (Å²) in [5, 5.41) is 14.9. The van der Waals surface area contributed by atoms with Crippen LogP contribution in [0.25, 0.3) is 43.8 Å². The van der Waals surface area contributed by atoms with Crippen molar-refractivity contribution in [2.45, 2.75) is 38.9 Å². The normalized spacial score (nSPS) is 12.7. The molecule has 1 aromatic heterocycles. The summed E-state index contributed by atoms with van der Waals surface area (Å²) in [5.74, 6) is 0. The summed E-state index contributed by atoms with van der Waals surface area (Å²) >= 11 is 0. The van der Waals surface area contributed by atoms with Crippen molar-refractivity contribution in [3.63, 3.8) is 0 Å². The third-order valence-corrected chi connectivity index (χ3v) is 6.71. The summed E-state index contributed by atoms with van der Waals surface area (Å²) in [7, 11) is 0.443. The molecular formula is C28H27BO3. The maximum atomic E-state index is 10.3. The lowest BCUT2D eigenvalue weighted by molar-refractivity contribution is -0.0893. The minimum Gasteiger partial charge on any atom is -0.455 e.